The van der Waals surface area contributed by atoms with Crippen LogP contribution in [0, 0.1) is 12.7 Å². The number of benzene rings is 2. The lowest BCUT2D eigenvalue weighted by Crippen LogP contribution is -2.27. The summed E-state index contributed by atoms with van der Waals surface area (Å²) in [5.74, 6) is -0.482. The Morgan fingerprint density at radius 1 is 1.30 bits per heavy atom. The van der Waals surface area contributed by atoms with Gasteiger partial charge in [0.1, 0.15) is 5.82 Å². The number of rotatable bonds is 7. The SMILES string of the molecule is CCN(CCOC)c1ccc(NC=C2C(=O)Nc3cccc(C)c32)cc1F. The molecule has 6 heteroatoms. The fraction of sp³-hybridized carbons (Fsp3) is 0.286. The number of likely N-dealkylation sites (N-methyl/N-ethyl adjacent to an activating group) is 1. The van der Waals surface area contributed by atoms with E-state index in [2.05, 4.69) is 10.6 Å². The third-order valence-electron chi connectivity index (χ3n) is 4.65. The molecule has 0 spiro atoms. The molecule has 5 nitrogen and oxygen atoms in total. The maximum absolute atomic E-state index is 14.6. The largest absolute Gasteiger partial charge is 0.383 e. The van der Waals surface area contributed by atoms with Gasteiger partial charge in [0, 0.05) is 43.3 Å². The van der Waals surface area contributed by atoms with E-state index in [0.717, 1.165) is 16.8 Å². The van der Waals surface area contributed by atoms with E-state index in [4.69, 9.17) is 4.74 Å². The fourth-order valence-electron chi connectivity index (χ4n) is 3.23. The van der Waals surface area contributed by atoms with E-state index >= 15 is 0 Å². The normalized spacial score (nSPS) is 14.2. The molecule has 0 radical (unpaired) electrons. The zero-order valence-corrected chi connectivity index (χ0v) is 15.8. The van der Waals surface area contributed by atoms with E-state index in [0.29, 0.717) is 36.6 Å². The molecule has 27 heavy (non-hydrogen) atoms. The molecule has 0 bridgehead atoms. The number of nitrogens with zero attached hydrogens (tertiary/aromatic N) is 1. The minimum absolute atomic E-state index is 0.166. The maximum atomic E-state index is 14.6. The highest BCUT2D eigenvalue weighted by Crippen LogP contribution is 2.34. The molecule has 1 aliphatic rings. The molecule has 2 aromatic rings. The minimum Gasteiger partial charge on any atom is -0.383 e. The van der Waals surface area contributed by atoms with Crippen LogP contribution in [0.25, 0.3) is 5.57 Å². The van der Waals surface area contributed by atoms with Crippen LogP contribution in [0.1, 0.15) is 18.1 Å². The van der Waals surface area contributed by atoms with E-state index in [1.165, 1.54) is 6.07 Å². The Hall–Kier alpha value is -2.86. The number of ether oxygens (including phenoxy) is 1. The molecule has 142 valence electrons. The van der Waals surface area contributed by atoms with Crippen molar-refractivity contribution in [3.05, 3.63) is 59.5 Å². The summed E-state index contributed by atoms with van der Waals surface area (Å²) in [5.41, 5.74) is 4.35. The van der Waals surface area contributed by atoms with Crippen LogP contribution >= 0.6 is 0 Å². The molecule has 0 atom stereocenters. The first-order valence-corrected chi connectivity index (χ1v) is 8.96. The third kappa shape index (κ3) is 3.95. The van der Waals surface area contributed by atoms with Gasteiger partial charge in [0.2, 0.25) is 0 Å². The number of methoxy groups -OCH3 is 1. The number of anilines is 3. The number of halogens is 1. The average Bonchev–Trinajstić information content (AvgIpc) is 2.98. The Balaban J connectivity index is 1.81. The Bertz CT molecular complexity index is 880. The van der Waals surface area contributed by atoms with Gasteiger partial charge in [-0.15, -0.1) is 0 Å². The van der Waals surface area contributed by atoms with Gasteiger partial charge in [-0.05, 0) is 43.7 Å². The molecule has 0 aliphatic carbocycles. The first-order chi connectivity index (χ1) is 13.0. The molecular weight excluding hydrogens is 345 g/mol. The number of carbonyl (C=O) groups excluding carboxylic acids is 1. The van der Waals surface area contributed by atoms with Crippen molar-refractivity contribution in [3.8, 4) is 0 Å². The summed E-state index contributed by atoms with van der Waals surface area (Å²) in [6.45, 7) is 5.78. The quantitative estimate of drug-likeness (QED) is 0.724. The lowest BCUT2D eigenvalue weighted by atomic mass is 10.0. The fourth-order valence-corrected chi connectivity index (χ4v) is 3.23. The summed E-state index contributed by atoms with van der Waals surface area (Å²) in [4.78, 5) is 14.2. The monoisotopic (exact) mass is 369 g/mol. The van der Waals surface area contributed by atoms with Crippen LogP contribution in [-0.4, -0.2) is 32.7 Å². The molecule has 0 saturated carbocycles. The summed E-state index contributed by atoms with van der Waals surface area (Å²) in [5, 5.41) is 5.89. The van der Waals surface area contributed by atoms with Gasteiger partial charge in [-0.2, -0.15) is 0 Å². The van der Waals surface area contributed by atoms with Crippen molar-refractivity contribution in [1.29, 1.82) is 0 Å². The van der Waals surface area contributed by atoms with Gasteiger partial charge in [0.25, 0.3) is 5.91 Å². The van der Waals surface area contributed by atoms with Crippen molar-refractivity contribution in [2.45, 2.75) is 13.8 Å². The average molecular weight is 369 g/mol. The third-order valence-corrected chi connectivity index (χ3v) is 4.65. The van der Waals surface area contributed by atoms with Crippen LogP contribution in [0.3, 0.4) is 0 Å². The molecule has 2 aromatic carbocycles. The van der Waals surface area contributed by atoms with Gasteiger partial charge >= 0.3 is 0 Å². The second-order valence-electron chi connectivity index (χ2n) is 6.39. The Morgan fingerprint density at radius 2 is 2.11 bits per heavy atom. The summed E-state index contributed by atoms with van der Waals surface area (Å²) in [6.07, 6.45) is 1.63. The van der Waals surface area contributed by atoms with Gasteiger partial charge in [-0.1, -0.05) is 12.1 Å². The zero-order valence-electron chi connectivity index (χ0n) is 15.8. The minimum atomic E-state index is -0.316. The predicted molar refractivity (Wildman–Crippen MR) is 108 cm³/mol. The molecule has 0 fully saturated rings. The molecule has 0 aromatic heterocycles. The zero-order chi connectivity index (χ0) is 19.4. The van der Waals surface area contributed by atoms with E-state index in [9.17, 15) is 9.18 Å². The number of nitrogens with one attached hydrogen (secondary N) is 2. The number of fused-ring (bicyclic) bond motifs is 1. The Labute approximate surface area is 158 Å². The summed E-state index contributed by atoms with van der Waals surface area (Å²) >= 11 is 0. The second kappa shape index (κ2) is 8.22. The van der Waals surface area contributed by atoms with Gasteiger partial charge in [-0.3, -0.25) is 4.79 Å². The molecule has 1 amide bonds. The predicted octanol–water partition coefficient (Wildman–Crippen LogP) is 4.01. The number of carbonyl (C=O) groups is 1. The van der Waals surface area contributed by atoms with Crippen molar-refractivity contribution in [1.82, 2.24) is 0 Å². The van der Waals surface area contributed by atoms with E-state index in [-0.39, 0.29) is 11.7 Å². The first kappa shape index (κ1) is 18.9. The Morgan fingerprint density at radius 3 is 2.81 bits per heavy atom. The summed E-state index contributed by atoms with van der Waals surface area (Å²) in [7, 11) is 1.63. The van der Waals surface area contributed by atoms with Gasteiger partial charge in [0.05, 0.1) is 17.9 Å². The molecular formula is C21H24FN3O2. The van der Waals surface area contributed by atoms with Crippen LogP contribution in [0.15, 0.2) is 42.6 Å². The topological polar surface area (TPSA) is 53.6 Å². The van der Waals surface area contributed by atoms with Gasteiger partial charge < -0.3 is 20.3 Å². The van der Waals surface area contributed by atoms with Gasteiger partial charge in [0.15, 0.2) is 0 Å². The van der Waals surface area contributed by atoms with Crippen LogP contribution in [-0.2, 0) is 9.53 Å². The summed E-state index contributed by atoms with van der Waals surface area (Å²) < 4.78 is 19.7. The van der Waals surface area contributed by atoms with Crippen molar-refractivity contribution < 1.29 is 13.9 Å². The number of hydrogen-bond donors (Lipinski definition) is 2. The number of hydrogen-bond acceptors (Lipinski definition) is 4. The van der Waals surface area contributed by atoms with Crippen molar-refractivity contribution >= 4 is 28.5 Å². The lowest BCUT2D eigenvalue weighted by Gasteiger charge is -2.23. The highest BCUT2D eigenvalue weighted by molar-refractivity contribution is 6.32. The standard InChI is InChI=1S/C21H24FN3O2/c1-4-25(10-11-27-3)19-9-8-15(12-17(19)22)23-13-16-20-14(2)6-5-7-18(20)24-21(16)26/h5-9,12-13,23H,4,10-11H2,1-3H3,(H,24,26). The molecule has 1 heterocycles. The van der Waals surface area contributed by atoms with E-state index < -0.39 is 0 Å². The smallest absolute Gasteiger partial charge is 0.257 e. The van der Waals surface area contributed by atoms with Crippen molar-refractivity contribution in [2.24, 2.45) is 0 Å². The molecule has 0 unspecified atom stereocenters. The highest BCUT2D eigenvalue weighted by atomic mass is 19.1. The van der Waals surface area contributed by atoms with E-state index in [1.807, 2.05) is 36.9 Å². The molecule has 1 aliphatic heterocycles. The van der Waals surface area contributed by atoms with Gasteiger partial charge in [-0.25, -0.2) is 4.39 Å². The molecule has 2 N–H and O–H groups in total. The van der Waals surface area contributed by atoms with Crippen molar-refractivity contribution in [3.63, 3.8) is 0 Å². The maximum Gasteiger partial charge on any atom is 0.257 e. The molecule has 0 saturated heterocycles. The Kier molecular flexibility index (Phi) is 5.76. The highest BCUT2D eigenvalue weighted by Gasteiger charge is 2.25. The van der Waals surface area contributed by atoms with Crippen molar-refractivity contribution in [2.75, 3.05) is 42.3 Å². The van der Waals surface area contributed by atoms with E-state index in [1.54, 1.807) is 25.4 Å². The lowest BCUT2D eigenvalue weighted by molar-refractivity contribution is -0.110. The molecule has 3 rings (SSSR count). The van der Waals surface area contributed by atoms with Crippen LogP contribution in [0.4, 0.5) is 21.5 Å². The number of aryl methyl sites for hydroxylation is 1. The first-order valence-electron chi connectivity index (χ1n) is 8.96. The second-order valence-corrected chi connectivity index (χ2v) is 6.39. The van der Waals surface area contributed by atoms with Crippen LogP contribution in [0.5, 0.6) is 0 Å². The van der Waals surface area contributed by atoms with Crippen LogP contribution in [0.2, 0.25) is 0 Å². The van der Waals surface area contributed by atoms with Crippen LogP contribution < -0.4 is 15.5 Å². The number of amides is 1. The summed E-state index contributed by atoms with van der Waals surface area (Å²) in [6, 6.07) is 10.7.